The molecule has 3 aromatic rings. The van der Waals surface area contributed by atoms with Crippen molar-refractivity contribution in [3.63, 3.8) is 0 Å². The topological polar surface area (TPSA) is 61.7 Å². The average Bonchev–Trinajstić information content (AvgIpc) is 3.19. The number of rotatable bonds is 6. The lowest BCUT2D eigenvalue weighted by Crippen LogP contribution is -3.27. The van der Waals surface area contributed by atoms with Crippen LogP contribution in [0.15, 0.2) is 54.6 Å². The van der Waals surface area contributed by atoms with E-state index in [1.807, 2.05) is 16.8 Å². The quantitative estimate of drug-likeness (QED) is 0.590. The Balaban J connectivity index is 1.64. The molecule has 0 radical (unpaired) electrons. The summed E-state index contributed by atoms with van der Waals surface area (Å²) in [7, 11) is 3.95. The van der Waals surface area contributed by atoms with Crippen LogP contribution >= 0.6 is 0 Å². The molecule has 0 bridgehead atoms. The van der Waals surface area contributed by atoms with Crippen LogP contribution < -0.4 is 14.5 Å². The van der Waals surface area contributed by atoms with Gasteiger partial charge in [0.1, 0.15) is 31.9 Å². The molecule has 1 aromatic heterocycles. The minimum atomic E-state index is 0.141. The van der Waals surface area contributed by atoms with Crippen LogP contribution in [0.3, 0.4) is 0 Å². The van der Waals surface area contributed by atoms with Gasteiger partial charge in [-0.3, -0.25) is 0 Å². The van der Waals surface area contributed by atoms with Crippen molar-refractivity contribution in [1.29, 1.82) is 0 Å². The van der Waals surface area contributed by atoms with E-state index in [0.717, 1.165) is 30.2 Å². The van der Waals surface area contributed by atoms with E-state index in [0.29, 0.717) is 6.54 Å². The third kappa shape index (κ3) is 4.05. The fourth-order valence-electron chi connectivity index (χ4n) is 3.93. The number of hydrogen-bond donors (Lipinski definition) is 2. The number of nitrogens with one attached hydrogen (secondary N) is 2. The zero-order valence-corrected chi connectivity index (χ0v) is 16.5. The first-order valence-electron chi connectivity index (χ1n) is 9.84. The monoisotopic (exact) mass is 380 g/mol. The number of benzene rings is 2. The molecule has 2 heterocycles. The predicted molar refractivity (Wildman–Crippen MR) is 106 cm³/mol. The predicted octanol–water partition coefficient (Wildman–Crippen LogP) is -0.767. The Hall–Kier alpha value is -2.77. The molecule has 1 fully saturated rings. The minimum absolute atomic E-state index is 0.141. The summed E-state index contributed by atoms with van der Waals surface area (Å²) in [5.41, 5.74) is 2.42. The lowest BCUT2D eigenvalue weighted by molar-refractivity contribution is -1.02. The van der Waals surface area contributed by atoms with Crippen LogP contribution in [0.4, 0.5) is 0 Å². The van der Waals surface area contributed by atoms with E-state index in [-0.39, 0.29) is 6.04 Å². The van der Waals surface area contributed by atoms with Crippen molar-refractivity contribution in [3.05, 3.63) is 71.5 Å². The largest absolute Gasteiger partial charge is 0.497 e. The van der Waals surface area contributed by atoms with Crippen molar-refractivity contribution in [2.24, 2.45) is 0 Å². The zero-order chi connectivity index (χ0) is 19.3. The highest BCUT2D eigenvalue weighted by molar-refractivity contribution is 5.28. The Morgan fingerprint density at radius 3 is 2.39 bits per heavy atom. The van der Waals surface area contributed by atoms with Crippen LogP contribution in [0.25, 0.3) is 0 Å². The maximum absolute atomic E-state index is 5.26. The number of ether oxygens (including phenoxy) is 1. The molecule has 0 amide bonds. The van der Waals surface area contributed by atoms with Crippen LogP contribution in [0.5, 0.6) is 5.75 Å². The highest BCUT2D eigenvalue weighted by Gasteiger charge is 2.34. The lowest BCUT2D eigenvalue weighted by atomic mass is 10.0. The van der Waals surface area contributed by atoms with Gasteiger partial charge in [0.05, 0.1) is 20.7 Å². The Kier molecular flexibility index (Phi) is 5.64. The van der Waals surface area contributed by atoms with Crippen LogP contribution in [0.1, 0.15) is 23.0 Å². The zero-order valence-electron chi connectivity index (χ0n) is 16.5. The fourth-order valence-corrected chi connectivity index (χ4v) is 3.93. The van der Waals surface area contributed by atoms with E-state index < -0.39 is 0 Å². The van der Waals surface area contributed by atoms with Gasteiger partial charge in [-0.15, -0.1) is 5.10 Å². The Labute approximate surface area is 165 Å². The molecule has 7 heteroatoms. The van der Waals surface area contributed by atoms with Gasteiger partial charge in [0.15, 0.2) is 6.04 Å². The van der Waals surface area contributed by atoms with Crippen molar-refractivity contribution < 1.29 is 14.5 Å². The van der Waals surface area contributed by atoms with Gasteiger partial charge in [0, 0.05) is 5.56 Å². The number of aromatic nitrogens is 4. The molecular weight excluding hydrogens is 352 g/mol. The second kappa shape index (κ2) is 8.50. The Morgan fingerprint density at radius 1 is 1.00 bits per heavy atom. The molecule has 0 saturated carbocycles. The van der Waals surface area contributed by atoms with Crippen molar-refractivity contribution in [3.8, 4) is 5.75 Å². The van der Waals surface area contributed by atoms with Crippen LogP contribution in [0, 0.1) is 0 Å². The second-order valence-corrected chi connectivity index (χ2v) is 7.50. The molecule has 1 aliphatic heterocycles. The fraction of sp³-hybridized carbons (Fsp3) is 0.381. The Morgan fingerprint density at radius 2 is 1.71 bits per heavy atom. The third-order valence-electron chi connectivity index (χ3n) is 5.60. The van der Waals surface area contributed by atoms with Crippen molar-refractivity contribution in [1.82, 2.24) is 20.2 Å². The first-order chi connectivity index (χ1) is 13.7. The first-order valence-corrected chi connectivity index (χ1v) is 9.84. The number of tetrazole rings is 1. The van der Waals surface area contributed by atoms with Gasteiger partial charge in [-0.25, -0.2) is 4.68 Å². The van der Waals surface area contributed by atoms with Gasteiger partial charge < -0.3 is 14.5 Å². The van der Waals surface area contributed by atoms with Crippen molar-refractivity contribution in [2.75, 3.05) is 40.3 Å². The SMILES string of the molecule is COc1ccc(Cn2nnnc2[C@@H](c2ccccc2)[NH+]2CC[NH+](C)CC2)cc1. The molecule has 2 aromatic carbocycles. The molecule has 1 aliphatic rings. The molecule has 1 atom stereocenters. The standard InChI is InChI=1S/C21H26N6O/c1-25-12-14-26(15-13-25)20(18-6-4-3-5-7-18)21-22-23-24-27(21)16-17-8-10-19(28-2)11-9-17/h3-11,20H,12-16H2,1-2H3/p+2/t20-/m1/s1. The van der Waals surface area contributed by atoms with Crippen LogP contribution in [-0.2, 0) is 6.54 Å². The van der Waals surface area contributed by atoms with Crippen LogP contribution in [-0.4, -0.2) is 60.5 Å². The molecule has 1 saturated heterocycles. The van der Waals surface area contributed by atoms with Crippen molar-refractivity contribution >= 4 is 0 Å². The van der Waals surface area contributed by atoms with Crippen molar-refractivity contribution in [2.45, 2.75) is 12.6 Å². The lowest BCUT2D eigenvalue weighted by Gasteiger charge is -2.32. The van der Waals surface area contributed by atoms with Crippen LogP contribution in [0.2, 0.25) is 0 Å². The smallest absolute Gasteiger partial charge is 0.214 e. The van der Waals surface area contributed by atoms with Gasteiger partial charge >= 0.3 is 0 Å². The van der Waals surface area contributed by atoms with E-state index in [9.17, 15) is 0 Å². The second-order valence-electron chi connectivity index (χ2n) is 7.50. The maximum atomic E-state index is 5.26. The summed E-state index contributed by atoms with van der Waals surface area (Å²) in [6.45, 7) is 5.20. The first kappa shape index (κ1) is 18.6. The number of likely N-dealkylation sites (N-methyl/N-ethyl adjacent to an activating group) is 1. The molecule has 0 unspecified atom stereocenters. The number of methoxy groups -OCH3 is 1. The number of nitrogens with zero attached hydrogens (tertiary/aromatic N) is 4. The molecule has 2 N–H and O–H groups in total. The summed E-state index contributed by atoms with van der Waals surface area (Å²) in [5.74, 6) is 1.78. The summed E-state index contributed by atoms with van der Waals surface area (Å²) in [6, 6.07) is 18.9. The minimum Gasteiger partial charge on any atom is -0.497 e. The average molecular weight is 380 g/mol. The van der Waals surface area contributed by atoms with E-state index in [1.54, 1.807) is 12.0 Å². The van der Waals surface area contributed by atoms with Gasteiger partial charge in [0.2, 0.25) is 5.82 Å². The van der Waals surface area contributed by atoms with Gasteiger partial charge in [-0.05, 0) is 28.1 Å². The van der Waals surface area contributed by atoms with Gasteiger partial charge in [-0.1, -0.05) is 42.5 Å². The van der Waals surface area contributed by atoms with E-state index in [2.05, 4.69) is 65.0 Å². The number of hydrogen-bond acceptors (Lipinski definition) is 4. The molecule has 4 rings (SSSR count). The molecular formula is C21H28N6O+2. The number of piperazine rings is 1. The summed E-state index contributed by atoms with van der Waals surface area (Å²) in [6.07, 6.45) is 0. The molecule has 7 nitrogen and oxygen atoms in total. The molecule has 0 aliphatic carbocycles. The van der Waals surface area contributed by atoms with Gasteiger partial charge in [0.25, 0.3) is 0 Å². The molecule has 0 spiro atoms. The summed E-state index contributed by atoms with van der Waals surface area (Å²) >= 11 is 0. The third-order valence-corrected chi connectivity index (χ3v) is 5.60. The summed E-state index contributed by atoms with van der Waals surface area (Å²) < 4.78 is 7.20. The number of quaternary nitrogens is 2. The van der Waals surface area contributed by atoms with E-state index >= 15 is 0 Å². The van der Waals surface area contributed by atoms with E-state index in [1.165, 1.54) is 23.6 Å². The summed E-state index contributed by atoms with van der Waals surface area (Å²) in [4.78, 5) is 3.12. The normalized spacial score (nSPS) is 20.6. The summed E-state index contributed by atoms with van der Waals surface area (Å²) in [5, 5.41) is 12.8. The molecule has 146 valence electrons. The molecule has 28 heavy (non-hydrogen) atoms. The highest BCUT2D eigenvalue weighted by atomic mass is 16.5. The van der Waals surface area contributed by atoms with E-state index in [4.69, 9.17) is 4.74 Å². The Bertz CT molecular complexity index is 871. The highest BCUT2D eigenvalue weighted by Crippen LogP contribution is 2.18. The van der Waals surface area contributed by atoms with Gasteiger partial charge in [-0.2, -0.15) is 0 Å². The maximum Gasteiger partial charge on any atom is 0.214 e.